The van der Waals surface area contributed by atoms with Gasteiger partial charge in [-0.2, -0.15) is 0 Å². The fraction of sp³-hybridized carbons (Fsp3) is 0.0526. The van der Waals surface area contributed by atoms with Crippen molar-refractivity contribution in [2.24, 2.45) is 4.99 Å². The first-order chi connectivity index (χ1) is 13.4. The summed E-state index contributed by atoms with van der Waals surface area (Å²) in [6, 6.07) is 11.1. The molecule has 0 unspecified atom stereocenters. The molecule has 0 spiro atoms. The van der Waals surface area contributed by atoms with E-state index in [1.54, 1.807) is 6.07 Å². The maximum atomic E-state index is 13.0. The topological polar surface area (TPSA) is 125 Å². The highest BCUT2D eigenvalue weighted by Crippen LogP contribution is 2.19. The molecule has 0 radical (unpaired) electrons. The minimum Gasteiger partial charge on any atom is -0.494 e. The van der Waals surface area contributed by atoms with Gasteiger partial charge in [0.15, 0.2) is 0 Å². The van der Waals surface area contributed by atoms with Gasteiger partial charge in [0.05, 0.1) is 17.8 Å². The summed E-state index contributed by atoms with van der Waals surface area (Å²) in [5.41, 5.74) is -1.55. The van der Waals surface area contributed by atoms with Crippen LogP contribution < -0.4 is 11.2 Å². The molecule has 28 heavy (non-hydrogen) atoms. The number of carboxylic acids is 1. The van der Waals surface area contributed by atoms with Crippen molar-refractivity contribution in [1.82, 2.24) is 9.55 Å². The fourth-order valence-corrected chi connectivity index (χ4v) is 2.51. The molecule has 0 amide bonds. The summed E-state index contributed by atoms with van der Waals surface area (Å²) in [6.45, 7) is -0.117. The van der Waals surface area contributed by atoms with Crippen LogP contribution in [0.1, 0.15) is 21.5 Å². The number of benzene rings is 2. The molecule has 1 heterocycles. The number of aliphatic imine (C=N–C) groups is 1. The number of rotatable bonds is 5. The van der Waals surface area contributed by atoms with Crippen molar-refractivity contribution in [1.29, 1.82) is 0 Å². The SMILES string of the molecule is O=C(O)c1ccccc1N=Cc1c(O)n(Cc2ccc(F)cc2)c(=O)[nH]c1=O. The van der Waals surface area contributed by atoms with Crippen LogP contribution in [0.3, 0.4) is 0 Å². The van der Waals surface area contributed by atoms with Crippen molar-refractivity contribution in [3.8, 4) is 5.88 Å². The Balaban J connectivity index is 2.03. The first kappa shape index (κ1) is 18.8. The first-order valence-electron chi connectivity index (χ1n) is 8.03. The van der Waals surface area contributed by atoms with Gasteiger partial charge in [0.25, 0.3) is 5.56 Å². The number of hydrogen-bond donors (Lipinski definition) is 3. The van der Waals surface area contributed by atoms with E-state index < -0.39 is 28.9 Å². The van der Waals surface area contributed by atoms with E-state index in [1.165, 1.54) is 42.5 Å². The molecule has 3 aromatic rings. The third-order valence-corrected chi connectivity index (χ3v) is 3.93. The van der Waals surface area contributed by atoms with Gasteiger partial charge in [-0.3, -0.25) is 19.3 Å². The smallest absolute Gasteiger partial charge is 0.337 e. The minimum absolute atomic E-state index is 0.0742. The summed E-state index contributed by atoms with van der Waals surface area (Å²) in [4.78, 5) is 41.4. The van der Waals surface area contributed by atoms with Crippen LogP contribution in [0.2, 0.25) is 0 Å². The molecule has 0 aliphatic rings. The van der Waals surface area contributed by atoms with Crippen molar-refractivity contribution in [2.75, 3.05) is 0 Å². The highest BCUT2D eigenvalue weighted by molar-refractivity contribution is 5.95. The van der Waals surface area contributed by atoms with Crippen molar-refractivity contribution in [3.05, 3.63) is 91.9 Å². The summed E-state index contributed by atoms with van der Waals surface area (Å²) in [6.07, 6.45) is 0.983. The minimum atomic E-state index is -1.20. The first-order valence-corrected chi connectivity index (χ1v) is 8.03. The van der Waals surface area contributed by atoms with Crippen LogP contribution >= 0.6 is 0 Å². The lowest BCUT2D eigenvalue weighted by molar-refractivity contribution is 0.0698. The van der Waals surface area contributed by atoms with E-state index in [9.17, 15) is 29.0 Å². The van der Waals surface area contributed by atoms with Gasteiger partial charge in [-0.25, -0.2) is 14.0 Å². The molecule has 9 heteroatoms. The Hall–Kier alpha value is -4.01. The molecular formula is C19H14FN3O5. The van der Waals surface area contributed by atoms with Crippen LogP contribution in [0, 0.1) is 5.82 Å². The molecular weight excluding hydrogens is 369 g/mol. The predicted octanol–water partition coefficient (Wildman–Crippen LogP) is 1.88. The number of aromatic amines is 1. The molecule has 2 aromatic carbocycles. The number of aromatic carboxylic acids is 1. The lowest BCUT2D eigenvalue weighted by atomic mass is 10.2. The number of carboxylic acid groups (broad SMARTS) is 1. The second kappa shape index (κ2) is 7.70. The summed E-state index contributed by atoms with van der Waals surface area (Å²) in [7, 11) is 0. The second-order valence-corrected chi connectivity index (χ2v) is 5.79. The van der Waals surface area contributed by atoms with Crippen molar-refractivity contribution < 1.29 is 19.4 Å². The quantitative estimate of drug-likeness (QED) is 0.580. The predicted molar refractivity (Wildman–Crippen MR) is 99.1 cm³/mol. The van der Waals surface area contributed by atoms with Gasteiger partial charge in [0.1, 0.15) is 11.4 Å². The summed E-state index contributed by atoms with van der Waals surface area (Å²) in [5.74, 6) is -2.30. The average Bonchev–Trinajstić information content (AvgIpc) is 2.66. The monoisotopic (exact) mass is 383 g/mol. The lowest BCUT2D eigenvalue weighted by Gasteiger charge is -2.09. The van der Waals surface area contributed by atoms with Crippen molar-refractivity contribution in [2.45, 2.75) is 6.54 Å². The third-order valence-electron chi connectivity index (χ3n) is 3.93. The van der Waals surface area contributed by atoms with Gasteiger partial charge < -0.3 is 10.2 Å². The van der Waals surface area contributed by atoms with Gasteiger partial charge >= 0.3 is 11.7 Å². The summed E-state index contributed by atoms with van der Waals surface area (Å²) < 4.78 is 13.9. The number of aromatic nitrogens is 2. The molecule has 0 aliphatic carbocycles. The van der Waals surface area contributed by atoms with Crippen LogP contribution in [0.4, 0.5) is 10.1 Å². The van der Waals surface area contributed by atoms with Gasteiger partial charge in [-0.1, -0.05) is 24.3 Å². The highest BCUT2D eigenvalue weighted by Gasteiger charge is 2.14. The molecule has 0 atom stereocenters. The van der Waals surface area contributed by atoms with Gasteiger partial charge in [0.2, 0.25) is 5.88 Å². The van der Waals surface area contributed by atoms with Gasteiger partial charge in [0, 0.05) is 6.21 Å². The molecule has 3 N–H and O–H groups in total. The van der Waals surface area contributed by atoms with Crippen LogP contribution in [-0.4, -0.2) is 31.9 Å². The molecule has 1 aromatic heterocycles. The van der Waals surface area contributed by atoms with Crippen LogP contribution in [0.5, 0.6) is 5.88 Å². The molecule has 0 saturated carbocycles. The number of para-hydroxylation sites is 1. The van der Waals surface area contributed by atoms with E-state index in [0.29, 0.717) is 5.56 Å². The Kier molecular flexibility index (Phi) is 5.16. The van der Waals surface area contributed by atoms with E-state index in [0.717, 1.165) is 10.8 Å². The van der Waals surface area contributed by atoms with Crippen molar-refractivity contribution in [3.63, 3.8) is 0 Å². The zero-order valence-corrected chi connectivity index (χ0v) is 14.3. The molecule has 8 nitrogen and oxygen atoms in total. The van der Waals surface area contributed by atoms with E-state index in [1.807, 2.05) is 0 Å². The number of halogens is 1. The standard InChI is InChI=1S/C19H14FN3O5/c20-12-7-5-11(6-8-12)10-23-17(25)14(16(24)22-19(23)28)9-21-15-4-2-1-3-13(15)18(26)27/h1-9,25H,10H2,(H,26,27)(H,22,24,28). The Labute approximate surface area is 156 Å². The largest absolute Gasteiger partial charge is 0.494 e. The Morgan fingerprint density at radius 1 is 1.14 bits per heavy atom. The van der Waals surface area contributed by atoms with Crippen LogP contribution in [0.15, 0.2) is 63.1 Å². The fourth-order valence-electron chi connectivity index (χ4n) is 2.51. The number of nitrogens with one attached hydrogen (secondary N) is 1. The molecule has 0 saturated heterocycles. The number of hydrogen-bond acceptors (Lipinski definition) is 5. The third kappa shape index (κ3) is 3.88. The Bertz CT molecular complexity index is 1180. The van der Waals surface area contributed by atoms with E-state index in [4.69, 9.17) is 0 Å². The number of carbonyl (C=O) groups is 1. The molecule has 3 rings (SSSR count). The molecule has 0 fully saturated rings. The molecule has 0 aliphatic heterocycles. The lowest BCUT2D eigenvalue weighted by Crippen LogP contribution is -2.32. The zero-order chi connectivity index (χ0) is 20.3. The zero-order valence-electron chi connectivity index (χ0n) is 14.3. The van der Waals surface area contributed by atoms with Crippen LogP contribution in [-0.2, 0) is 6.54 Å². The van der Waals surface area contributed by atoms with Gasteiger partial charge in [-0.15, -0.1) is 0 Å². The van der Waals surface area contributed by atoms with E-state index >= 15 is 0 Å². The van der Waals surface area contributed by atoms with Crippen LogP contribution in [0.25, 0.3) is 0 Å². The highest BCUT2D eigenvalue weighted by atomic mass is 19.1. The molecule has 142 valence electrons. The Morgan fingerprint density at radius 3 is 2.50 bits per heavy atom. The molecule has 0 bridgehead atoms. The maximum absolute atomic E-state index is 13.0. The second-order valence-electron chi connectivity index (χ2n) is 5.79. The normalized spacial score (nSPS) is 11.0. The number of H-pyrrole nitrogens is 1. The maximum Gasteiger partial charge on any atom is 0.337 e. The number of nitrogens with zero attached hydrogens (tertiary/aromatic N) is 2. The Morgan fingerprint density at radius 2 is 1.82 bits per heavy atom. The van der Waals surface area contributed by atoms with E-state index in [-0.39, 0.29) is 23.4 Å². The summed E-state index contributed by atoms with van der Waals surface area (Å²) >= 11 is 0. The van der Waals surface area contributed by atoms with Gasteiger partial charge in [-0.05, 0) is 29.8 Å². The van der Waals surface area contributed by atoms with E-state index in [2.05, 4.69) is 9.98 Å². The summed E-state index contributed by atoms with van der Waals surface area (Å²) in [5, 5.41) is 19.6. The van der Waals surface area contributed by atoms with Crippen molar-refractivity contribution >= 4 is 17.9 Å². The number of aromatic hydroxyl groups is 1. The average molecular weight is 383 g/mol.